The van der Waals surface area contributed by atoms with Gasteiger partial charge in [0.2, 0.25) is 0 Å². The van der Waals surface area contributed by atoms with E-state index in [1.807, 2.05) is 6.08 Å². The first-order valence-corrected chi connectivity index (χ1v) is 9.89. The molecule has 1 aromatic carbocycles. The molecule has 25 heavy (non-hydrogen) atoms. The van der Waals surface area contributed by atoms with Crippen LogP contribution in [-0.2, 0) is 10.2 Å². The number of carbonyl (C=O) groups excluding carboxylic acids is 1. The number of thiocarbonyl (C=S) groups is 1. The Morgan fingerprint density at radius 1 is 1.24 bits per heavy atom. The topological polar surface area (TPSA) is 23.6 Å². The number of hydrogen-bond acceptors (Lipinski definition) is 4. The van der Waals surface area contributed by atoms with Crippen molar-refractivity contribution >= 4 is 39.9 Å². The molecule has 1 aromatic rings. The number of carbonyl (C=O) groups is 1. The Balaban J connectivity index is 1.88. The van der Waals surface area contributed by atoms with Crippen LogP contribution in [0, 0.1) is 0 Å². The zero-order valence-corrected chi connectivity index (χ0v) is 16.8. The second kappa shape index (κ2) is 6.96. The van der Waals surface area contributed by atoms with E-state index in [9.17, 15) is 4.79 Å². The minimum atomic E-state index is -0.0862. The lowest BCUT2D eigenvalue weighted by atomic mass is 9.84. The van der Waals surface area contributed by atoms with E-state index in [0.717, 1.165) is 12.8 Å². The second-order valence-corrected chi connectivity index (χ2v) is 8.64. The highest BCUT2D eigenvalue weighted by Gasteiger charge is 2.38. The molecule has 0 atom stereocenters. The molecule has 0 bridgehead atoms. The Kier molecular flexibility index (Phi) is 5.07. The minimum Gasteiger partial charge on any atom is -0.347 e. The van der Waals surface area contributed by atoms with Gasteiger partial charge in [-0.25, -0.2) is 0 Å². The quantitative estimate of drug-likeness (QED) is 0.557. The fourth-order valence-corrected chi connectivity index (χ4v) is 4.73. The minimum absolute atomic E-state index is 0.0382. The molecule has 3 rings (SSSR count). The predicted octanol–water partition coefficient (Wildman–Crippen LogP) is 4.84. The molecule has 0 N–H and O–H groups in total. The Bertz CT molecular complexity index is 780. The number of allylic oxidation sites excluding steroid dienone is 3. The number of rotatable bonds is 4. The van der Waals surface area contributed by atoms with Crippen molar-refractivity contribution in [2.24, 2.45) is 0 Å². The van der Waals surface area contributed by atoms with E-state index >= 15 is 0 Å². The maximum absolute atomic E-state index is 12.6. The fraction of sp³-hybridized carbons (Fsp3) is 0.400. The van der Waals surface area contributed by atoms with Crippen LogP contribution in [0.2, 0.25) is 0 Å². The van der Waals surface area contributed by atoms with Gasteiger partial charge in [-0.2, -0.15) is 0 Å². The Hall–Kier alpha value is -1.59. The summed E-state index contributed by atoms with van der Waals surface area (Å²) in [5.41, 5.74) is 3.64. The summed E-state index contributed by atoms with van der Waals surface area (Å²) in [6.45, 7) is 7.28. The van der Waals surface area contributed by atoms with E-state index in [1.54, 1.807) is 4.90 Å². The van der Waals surface area contributed by atoms with Gasteiger partial charge in [0.05, 0.1) is 4.91 Å². The highest BCUT2D eigenvalue weighted by molar-refractivity contribution is 8.26. The summed E-state index contributed by atoms with van der Waals surface area (Å²) in [7, 11) is 2.08. The Morgan fingerprint density at radius 3 is 2.64 bits per heavy atom. The average molecular weight is 373 g/mol. The zero-order chi connectivity index (χ0) is 18.2. The molecular formula is C20H24N2OS2. The molecule has 0 aliphatic carbocycles. The van der Waals surface area contributed by atoms with Gasteiger partial charge in [-0.1, -0.05) is 69.4 Å². The smallest absolute Gasteiger partial charge is 0.266 e. The monoisotopic (exact) mass is 372 g/mol. The number of para-hydroxylation sites is 1. The van der Waals surface area contributed by atoms with Crippen LogP contribution in [-0.4, -0.2) is 28.7 Å². The van der Waals surface area contributed by atoms with E-state index in [2.05, 4.69) is 63.1 Å². The number of anilines is 1. The molecule has 5 heteroatoms. The molecule has 2 aliphatic rings. The maximum atomic E-state index is 12.6. The van der Waals surface area contributed by atoms with Crippen molar-refractivity contribution in [3.8, 4) is 0 Å². The first-order chi connectivity index (χ1) is 11.9. The highest BCUT2D eigenvalue weighted by Crippen LogP contribution is 2.46. The van der Waals surface area contributed by atoms with Crippen LogP contribution in [0.1, 0.15) is 39.2 Å². The highest BCUT2D eigenvalue weighted by atomic mass is 32.2. The summed E-state index contributed by atoms with van der Waals surface area (Å²) in [6.07, 6.45) is 6.04. The molecule has 1 saturated heterocycles. The first-order valence-electron chi connectivity index (χ1n) is 8.67. The fourth-order valence-electron chi connectivity index (χ4n) is 3.48. The number of fused-ring (bicyclic) bond motifs is 1. The molecule has 0 saturated carbocycles. The molecule has 2 heterocycles. The van der Waals surface area contributed by atoms with Gasteiger partial charge in [0.15, 0.2) is 0 Å². The third kappa shape index (κ3) is 3.15. The van der Waals surface area contributed by atoms with Gasteiger partial charge in [0, 0.05) is 30.4 Å². The standard InChI is InChI=1S/C20H24N2OS2/c1-5-6-13-22-18(23)16(25-19(22)24)11-12-17-20(2,3)14-9-7-8-10-15(14)21(17)4/h7-12H,5-6,13H2,1-4H3/b16-11+,17-12-. The van der Waals surface area contributed by atoms with Crippen molar-refractivity contribution in [2.75, 3.05) is 18.5 Å². The van der Waals surface area contributed by atoms with Gasteiger partial charge in [0.25, 0.3) is 5.91 Å². The third-order valence-electron chi connectivity index (χ3n) is 4.94. The third-order valence-corrected chi connectivity index (χ3v) is 6.34. The number of unbranched alkanes of at least 4 members (excludes halogenated alkanes) is 1. The van der Waals surface area contributed by atoms with Crippen molar-refractivity contribution in [3.05, 3.63) is 52.6 Å². The van der Waals surface area contributed by atoms with E-state index in [1.165, 1.54) is 28.7 Å². The van der Waals surface area contributed by atoms with E-state index < -0.39 is 0 Å². The van der Waals surface area contributed by atoms with Crippen LogP contribution in [0.5, 0.6) is 0 Å². The lowest BCUT2D eigenvalue weighted by molar-refractivity contribution is -0.122. The summed E-state index contributed by atoms with van der Waals surface area (Å²) in [5.74, 6) is 0.0382. The number of benzene rings is 1. The van der Waals surface area contributed by atoms with Crippen molar-refractivity contribution in [1.82, 2.24) is 4.90 Å². The number of thioether (sulfide) groups is 1. The van der Waals surface area contributed by atoms with Crippen molar-refractivity contribution < 1.29 is 4.79 Å². The van der Waals surface area contributed by atoms with Crippen molar-refractivity contribution in [2.45, 2.75) is 39.0 Å². The van der Waals surface area contributed by atoms with Gasteiger partial charge in [-0.05, 0) is 30.2 Å². The average Bonchev–Trinajstić information content (AvgIpc) is 2.96. The molecule has 0 radical (unpaired) electrons. The largest absolute Gasteiger partial charge is 0.347 e. The summed E-state index contributed by atoms with van der Waals surface area (Å²) in [6, 6.07) is 8.46. The first kappa shape index (κ1) is 18.2. The normalized spacial score (nSPS) is 22.4. The van der Waals surface area contributed by atoms with Crippen LogP contribution < -0.4 is 4.90 Å². The molecule has 3 nitrogen and oxygen atoms in total. The summed E-state index contributed by atoms with van der Waals surface area (Å²) in [4.78, 5) is 17.3. The van der Waals surface area contributed by atoms with E-state index in [-0.39, 0.29) is 11.3 Å². The summed E-state index contributed by atoms with van der Waals surface area (Å²) in [5, 5.41) is 0. The van der Waals surface area contributed by atoms with Crippen LogP contribution in [0.25, 0.3) is 0 Å². The van der Waals surface area contributed by atoms with Crippen LogP contribution in [0.15, 0.2) is 47.0 Å². The lowest BCUT2D eigenvalue weighted by Crippen LogP contribution is -2.28. The van der Waals surface area contributed by atoms with Crippen LogP contribution in [0.4, 0.5) is 5.69 Å². The number of hydrogen-bond donors (Lipinski definition) is 0. The zero-order valence-electron chi connectivity index (χ0n) is 15.2. The molecular weight excluding hydrogens is 348 g/mol. The number of likely N-dealkylation sites (N-methyl/N-ethyl adjacent to an activating group) is 1. The molecule has 1 amide bonds. The van der Waals surface area contributed by atoms with Gasteiger partial charge in [-0.15, -0.1) is 0 Å². The number of nitrogens with zero attached hydrogens (tertiary/aromatic N) is 2. The molecule has 132 valence electrons. The Morgan fingerprint density at radius 2 is 1.96 bits per heavy atom. The Labute approximate surface area is 159 Å². The van der Waals surface area contributed by atoms with E-state index in [4.69, 9.17) is 12.2 Å². The van der Waals surface area contributed by atoms with Gasteiger partial charge in [0.1, 0.15) is 4.32 Å². The predicted molar refractivity (Wildman–Crippen MR) is 111 cm³/mol. The van der Waals surface area contributed by atoms with Gasteiger partial charge < -0.3 is 4.90 Å². The molecule has 0 unspecified atom stereocenters. The molecule has 0 spiro atoms. The van der Waals surface area contributed by atoms with Crippen LogP contribution in [0.3, 0.4) is 0 Å². The molecule has 2 aliphatic heterocycles. The summed E-state index contributed by atoms with van der Waals surface area (Å²) >= 11 is 6.78. The second-order valence-electron chi connectivity index (χ2n) is 6.96. The van der Waals surface area contributed by atoms with E-state index in [0.29, 0.717) is 15.8 Å². The summed E-state index contributed by atoms with van der Waals surface area (Å²) < 4.78 is 0.672. The van der Waals surface area contributed by atoms with Crippen molar-refractivity contribution in [1.29, 1.82) is 0 Å². The van der Waals surface area contributed by atoms with Crippen LogP contribution >= 0.6 is 24.0 Å². The molecule has 1 fully saturated rings. The van der Waals surface area contributed by atoms with Crippen molar-refractivity contribution in [3.63, 3.8) is 0 Å². The number of amides is 1. The molecule has 0 aromatic heterocycles. The SMILES string of the molecule is CCCCN1C(=O)/C(=C\C=C2/N(C)c3ccccc3C2(C)C)SC1=S. The van der Waals surface area contributed by atoms with Gasteiger partial charge in [-0.3, -0.25) is 9.69 Å². The maximum Gasteiger partial charge on any atom is 0.266 e. The van der Waals surface area contributed by atoms with Gasteiger partial charge >= 0.3 is 0 Å². The lowest BCUT2D eigenvalue weighted by Gasteiger charge is -2.23.